The van der Waals surface area contributed by atoms with E-state index in [-0.39, 0.29) is 17.5 Å². The van der Waals surface area contributed by atoms with Gasteiger partial charge in [0, 0.05) is 29.8 Å². The van der Waals surface area contributed by atoms with Gasteiger partial charge in [0.05, 0.1) is 5.92 Å². The average Bonchev–Trinajstić information content (AvgIpc) is 2.84. The van der Waals surface area contributed by atoms with Gasteiger partial charge in [-0.25, -0.2) is 4.39 Å². The third kappa shape index (κ3) is 2.64. The summed E-state index contributed by atoms with van der Waals surface area (Å²) in [6, 6.07) is 13.5. The van der Waals surface area contributed by atoms with Gasteiger partial charge in [0.1, 0.15) is 5.82 Å². The van der Waals surface area contributed by atoms with Crippen molar-refractivity contribution in [2.24, 2.45) is 0 Å². The quantitative estimate of drug-likeness (QED) is 0.921. The largest absolute Gasteiger partial charge is 0.391 e. The fraction of sp³-hybridized carbons (Fsp3) is 0.167. The summed E-state index contributed by atoms with van der Waals surface area (Å²) >= 11 is 6.03. The monoisotopic (exact) mass is 315 g/mol. The lowest BCUT2D eigenvalue weighted by molar-refractivity contribution is -0.114. The van der Waals surface area contributed by atoms with Crippen LogP contribution in [0, 0.1) is 5.82 Å². The molecule has 3 rings (SSSR count). The average molecular weight is 316 g/mol. The second kappa shape index (κ2) is 5.93. The van der Waals surface area contributed by atoms with E-state index in [4.69, 9.17) is 11.6 Å². The zero-order valence-corrected chi connectivity index (χ0v) is 12.8. The molecule has 0 saturated heterocycles. The first-order valence-corrected chi connectivity index (χ1v) is 7.44. The smallest absolute Gasteiger partial charge is 0.173 e. The zero-order valence-electron chi connectivity index (χ0n) is 12.1. The second-order valence-electron chi connectivity index (χ2n) is 5.29. The van der Waals surface area contributed by atoms with Gasteiger partial charge in [-0.15, -0.1) is 0 Å². The molecule has 0 amide bonds. The molecule has 2 aromatic carbocycles. The molecule has 2 nitrogen and oxygen atoms in total. The lowest BCUT2D eigenvalue weighted by Gasteiger charge is -2.10. The van der Waals surface area contributed by atoms with Crippen LogP contribution in [0.15, 0.2) is 54.2 Å². The maximum atomic E-state index is 13.4. The minimum atomic E-state index is -0.355. The van der Waals surface area contributed by atoms with Crippen LogP contribution >= 0.6 is 11.6 Å². The molecule has 1 aliphatic rings. The number of rotatable bonds is 3. The number of nitrogens with one attached hydrogen (secondary N) is 1. The molecule has 1 unspecified atom stereocenters. The third-order valence-electron chi connectivity index (χ3n) is 3.94. The van der Waals surface area contributed by atoms with E-state index in [1.54, 1.807) is 31.3 Å². The molecule has 22 heavy (non-hydrogen) atoms. The van der Waals surface area contributed by atoms with Crippen LogP contribution in [0.5, 0.6) is 0 Å². The van der Waals surface area contributed by atoms with E-state index in [0.29, 0.717) is 22.6 Å². The fourth-order valence-corrected chi connectivity index (χ4v) is 3.09. The van der Waals surface area contributed by atoms with Crippen molar-refractivity contribution in [1.82, 2.24) is 5.32 Å². The molecule has 0 saturated carbocycles. The van der Waals surface area contributed by atoms with E-state index in [0.717, 1.165) is 11.3 Å². The first-order valence-electron chi connectivity index (χ1n) is 7.06. The Morgan fingerprint density at radius 2 is 1.95 bits per heavy atom. The molecule has 0 bridgehead atoms. The Balaban J connectivity index is 2.01. The molecule has 0 aliphatic heterocycles. The Kier molecular flexibility index (Phi) is 3.99. The van der Waals surface area contributed by atoms with Crippen LogP contribution in [-0.4, -0.2) is 12.8 Å². The number of halogens is 2. The molecule has 0 fully saturated rings. The Labute approximate surface area is 133 Å². The summed E-state index contributed by atoms with van der Waals surface area (Å²) in [5, 5.41) is 3.68. The Morgan fingerprint density at radius 3 is 2.64 bits per heavy atom. The second-order valence-corrected chi connectivity index (χ2v) is 5.73. The van der Waals surface area contributed by atoms with Crippen molar-refractivity contribution in [3.63, 3.8) is 0 Å². The Bertz CT molecular complexity index is 769. The number of Topliss-reactive ketones (excluding diaryl/α,β-unsaturated/α-hetero) is 1. The molecule has 4 heteroatoms. The molecule has 0 heterocycles. The molecule has 0 aromatic heterocycles. The standard InChI is InChI=1S/C18H15ClFNO/c1-21-16-10-15(11-4-3-7-14(20)9-11)18(22)17(16)12-5-2-6-13(19)8-12/h2-9,15,21H,10H2,1H3. The van der Waals surface area contributed by atoms with Crippen molar-refractivity contribution < 1.29 is 9.18 Å². The van der Waals surface area contributed by atoms with E-state index in [1.165, 1.54) is 12.1 Å². The van der Waals surface area contributed by atoms with E-state index >= 15 is 0 Å². The highest BCUT2D eigenvalue weighted by Crippen LogP contribution is 2.39. The molecule has 1 atom stereocenters. The van der Waals surface area contributed by atoms with Crippen LogP contribution in [0.2, 0.25) is 5.02 Å². The van der Waals surface area contributed by atoms with Gasteiger partial charge in [0.2, 0.25) is 0 Å². The summed E-state index contributed by atoms with van der Waals surface area (Å²) in [6.45, 7) is 0. The van der Waals surface area contributed by atoms with Crippen molar-refractivity contribution in [2.45, 2.75) is 12.3 Å². The van der Waals surface area contributed by atoms with Gasteiger partial charge in [0.25, 0.3) is 0 Å². The predicted octanol–water partition coefficient (Wildman–Crippen LogP) is 4.17. The van der Waals surface area contributed by atoms with Crippen LogP contribution in [-0.2, 0) is 4.79 Å². The van der Waals surface area contributed by atoms with E-state index in [2.05, 4.69) is 5.32 Å². The highest BCUT2D eigenvalue weighted by atomic mass is 35.5. The van der Waals surface area contributed by atoms with Gasteiger partial charge < -0.3 is 5.32 Å². The van der Waals surface area contributed by atoms with E-state index in [1.807, 2.05) is 12.1 Å². The summed E-state index contributed by atoms with van der Waals surface area (Å²) in [5.41, 5.74) is 3.00. The van der Waals surface area contributed by atoms with Gasteiger partial charge in [-0.1, -0.05) is 35.9 Å². The van der Waals surface area contributed by atoms with Gasteiger partial charge >= 0.3 is 0 Å². The minimum Gasteiger partial charge on any atom is -0.391 e. The molecular weight excluding hydrogens is 301 g/mol. The highest BCUT2D eigenvalue weighted by molar-refractivity contribution is 6.32. The Hall–Kier alpha value is -2.13. The highest BCUT2D eigenvalue weighted by Gasteiger charge is 2.34. The number of ketones is 1. The summed E-state index contributed by atoms with van der Waals surface area (Å²) in [5.74, 6) is -0.683. The lowest BCUT2D eigenvalue weighted by atomic mass is 9.93. The maximum absolute atomic E-state index is 13.4. The number of benzene rings is 2. The SMILES string of the molecule is CNC1=C(c2cccc(Cl)c2)C(=O)C(c2cccc(F)c2)C1. The van der Waals surface area contributed by atoms with E-state index < -0.39 is 0 Å². The van der Waals surface area contributed by atoms with Crippen LogP contribution in [0.1, 0.15) is 23.5 Å². The van der Waals surface area contributed by atoms with Crippen LogP contribution < -0.4 is 5.32 Å². The van der Waals surface area contributed by atoms with Crippen LogP contribution in [0.25, 0.3) is 5.57 Å². The first kappa shape index (κ1) is 14.8. The molecule has 0 radical (unpaired) electrons. The van der Waals surface area contributed by atoms with Crippen LogP contribution in [0.3, 0.4) is 0 Å². The molecule has 1 aliphatic carbocycles. The predicted molar refractivity (Wildman–Crippen MR) is 86.2 cm³/mol. The van der Waals surface area contributed by atoms with Crippen molar-refractivity contribution in [1.29, 1.82) is 0 Å². The summed E-state index contributed by atoms with van der Waals surface area (Å²) in [6.07, 6.45) is 0.542. The summed E-state index contributed by atoms with van der Waals surface area (Å²) < 4.78 is 13.4. The maximum Gasteiger partial charge on any atom is 0.173 e. The molecule has 2 aromatic rings. The fourth-order valence-electron chi connectivity index (χ4n) is 2.90. The molecule has 0 spiro atoms. The molecule has 1 N–H and O–H groups in total. The van der Waals surface area contributed by atoms with Crippen molar-refractivity contribution in [3.05, 3.63) is 76.2 Å². The number of carbonyl (C=O) groups excluding carboxylic acids is 1. The molecular formula is C18H15ClFNO. The number of carbonyl (C=O) groups is 1. The summed E-state index contributed by atoms with van der Waals surface area (Å²) in [4.78, 5) is 12.8. The third-order valence-corrected chi connectivity index (χ3v) is 4.17. The topological polar surface area (TPSA) is 29.1 Å². The number of hydrogen-bond acceptors (Lipinski definition) is 2. The minimum absolute atomic E-state index is 0.00258. The van der Waals surface area contributed by atoms with E-state index in [9.17, 15) is 9.18 Å². The lowest BCUT2D eigenvalue weighted by Crippen LogP contribution is -2.08. The number of allylic oxidation sites excluding steroid dienone is 2. The van der Waals surface area contributed by atoms with Gasteiger partial charge in [0.15, 0.2) is 5.78 Å². The molecule has 112 valence electrons. The van der Waals surface area contributed by atoms with Crippen molar-refractivity contribution >= 4 is 23.0 Å². The Morgan fingerprint density at radius 1 is 1.18 bits per heavy atom. The van der Waals surface area contributed by atoms with Crippen molar-refractivity contribution in [3.8, 4) is 0 Å². The van der Waals surface area contributed by atoms with Gasteiger partial charge in [-0.3, -0.25) is 4.79 Å². The normalized spacial score (nSPS) is 18.0. The summed E-state index contributed by atoms with van der Waals surface area (Å²) in [7, 11) is 1.79. The van der Waals surface area contributed by atoms with Gasteiger partial charge in [-0.2, -0.15) is 0 Å². The zero-order chi connectivity index (χ0) is 15.7. The first-order chi connectivity index (χ1) is 10.6. The van der Waals surface area contributed by atoms with Crippen LogP contribution in [0.4, 0.5) is 4.39 Å². The van der Waals surface area contributed by atoms with Gasteiger partial charge in [-0.05, 0) is 35.4 Å². The van der Waals surface area contributed by atoms with Crippen molar-refractivity contribution in [2.75, 3.05) is 7.05 Å². The number of hydrogen-bond donors (Lipinski definition) is 1.